The highest BCUT2D eigenvalue weighted by atomic mass is 16.5. The van der Waals surface area contributed by atoms with Crippen molar-refractivity contribution in [2.75, 3.05) is 0 Å². The fourth-order valence-electron chi connectivity index (χ4n) is 12.9. The minimum Gasteiger partial charge on any atom is -0.481 e. The molecule has 4 saturated carbocycles. The van der Waals surface area contributed by atoms with Crippen LogP contribution in [0.1, 0.15) is 132 Å². The monoisotopic (exact) mass is 714 g/mol. The molecule has 2 heterocycles. The molecule has 0 aromatic carbocycles. The molecule has 1 N–H and O–H groups in total. The first-order chi connectivity index (χ1) is 24.3. The number of hydrogen-bond acceptors (Lipinski definition) is 9. The van der Waals surface area contributed by atoms with Crippen LogP contribution in [0.15, 0.2) is 34.3 Å². The molecule has 282 valence electrons. The second-order valence-electron chi connectivity index (χ2n) is 19.5. The zero-order valence-electron chi connectivity index (χ0n) is 32.7. The number of aromatic nitrogens is 4. The molecule has 0 amide bonds. The number of carboxylic acids is 1. The second kappa shape index (κ2) is 12.3. The summed E-state index contributed by atoms with van der Waals surface area (Å²) in [5.74, 6) is 1.18. The van der Waals surface area contributed by atoms with E-state index in [0.717, 1.165) is 56.9 Å². The zero-order chi connectivity index (χ0) is 37.6. The van der Waals surface area contributed by atoms with Gasteiger partial charge >= 0.3 is 11.9 Å². The van der Waals surface area contributed by atoms with E-state index in [1.807, 2.05) is 0 Å². The van der Waals surface area contributed by atoms with Crippen LogP contribution in [-0.2, 0) is 25.5 Å². The lowest BCUT2D eigenvalue weighted by molar-refractivity contribution is -0.233. The van der Waals surface area contributed by atoms with Crippen molar-refractivity contribution in [1.29, 1.82) is 0 Å². The zero-order valence-corrected chi connectivity index (χ0v) is 32.7. The number of nitrogens with zero attached hydrogens (tertiary/aromatic N) is 4. The van der Waals surface area contributed by atoms with Crippen molar-refractivity contribution in [3.63, 3.8) is 0 Å². The van der Waals surface area contributed by atoms with Crippen molar-refractivity contribution in [1.82, 2.24) is 20.2 Å². The van der Waals surface area contributed by atoms with Crippen LogP contribution in [0.3, 0.4) is 0 Å². The molecule has 5 aliphatic carbocycles. The minimum atomic E-state index is -1.16. The van der Waals surface area contributed by atoms with E-state index in [2.05, 4.69) is 68.6 Å². The van der Waals surface area contributed by atoms with Crippen LogP contribution in [0, 0.1) is 56.2 Å². The normalized spacial score (nSPS) is 36.8. The van der Waals surface area contributed by atoms with Crippen LogP contribution >= 0.6 is 0 Å². The SMILES string of the molecule is CC(C)C1=C2[C@H]3CC[C@@H]4[C@@]5(C)CC[C@H](OC(=O)CC(C)(C)C(=O)O)C(C)(C)[C@@H]5CC[C@@]4(C)[C@]3(C)CC[C@@]2(Cc2nnc(-c3cncnc3)o2)CC1=O. The van der Waals surface area contributed by atoms with E-state index < -0.39 is 17.4 Å². The Hall–Kier alpha value is -3.43. The summed E-state index contributed by atoms with van der Waals surface area (Å²) in [6.45, 7) is 19.7. The maximum atomic E-state index is 14.1. The number of carbonyl (C=O) groups is 3. The molecule has 8 atom stereocenters. The second-order valence-corrected chi connectivity index (χ2v) is 19.5. The van der Waals surface area contributed by atoms with Crippen molar-refractivity contribution >= 4 is 17.7 Å². The van der Waals surface area contributed by atoms with Gasteiger partial charge in [0.2, 0.25) is 5.89 Å². The summed E-state index contributed by atoms with van der Waals surface area (Å²) in [5, 5.41) is 18.4. The van der Waals surface area contributed by atoms with Gasteiger partial charge < -0.3 is 14.3 Å². The number of Topliss-reactive ketones (excluding diaryl/α,β-unsaturated/α-hetero) is 1. The highest BCUT2D eigenvalue weighted by Crippen LogP contribution is 2.77. The average molecular weight is 715 g/mol. The number of allylic oxidation sites excluding steroid dienone is 2. The molecule has 10 nitrogen and oxygen atoms in total. The van der Waals surface area contributed by atoms with Gasteiger partial charge in [-0.2, -0.15) is 0 Å². The molecule has 5 aliphatic rings. The number of rotatable bonds is 8. The number of aliphatic carboxylic acids is 1. The van der Waals surface area contributed by atoms with E-state index in [4.69, 9.17) is 9.15 Å². The Kier molecular flexibility index (Phi) is 8.73. The molecule has 7 rings (SSSR count). The molecule has 0 saturated heterocycles. The van der Waals surface area contributed by atoms with Crippen molar-refractivity contribution in [3.05, 3.63) is 35.8 Å². The molecule has 10 heteroatoms. The van der Waals surface area contributed by atoms with E-state index in [1.165, 1.54) is 11.9 Å². The molecule has 0 unspecified atom stereocenters. The number of esters is 1. The van der Waals surface area contributed by atoms with Crippen LogP contribution in [0.5, 0.6) is 0 Å². The van der Waals surface area contributed by atoms with Gasteiger partial charge in [-0.05, 0) is 111 Å². The standard InChI is InChI=1S/C42H58N4O6/c1-24(2)33-27(47)18-42(19-31-45-46-35(52-31)25-21-43-23-44-22-25)17-16-40(8)26(34(33)42)10-11-29-39(7)14-13-30(51-32(48)20-37(3,4)36(49)50)38(5,6)28(39)12-15-41(29,40)9/h21-24,26,28-30H,10-20H2,1-9H3,(H,49,50)/t26-,28+,29-,30+,39+,40-,41-,42+/m1/s1. The predicted octanol–water partition coefficient (Wildman–Crippen LogP) is 8.46. The van der Waals surface area contributed by atoms with Gasteiger partial charge in [-0.1, -0.05) is 54.0 Å². The number of hydrogen-bond donors (Lipinski definition) is 1. The molecule has 52 heavy (non-hydrogen) atoms. The maximum absolute atomic E-state index is 14.1. The van der Waals surface area contributed by atoms with Crippen LogP contribution in [0.2, 0.25) is 0 Å². The molecule has 0 bridgehead atoms. The molecule has 0 spiro atoms. The Bertz CT molecular complexity index is 1800. The third kappa shape index (κ3) is 5.42. The number of ether oxygens (including phenoxy) is 1. The number of carbonyl (C=O) groups excluding carboxylic acids is 2. The first kappa shape index (κ1) is 36.9. The van der Waals surface area contributed by atoms with Gasteiger partial charge in [0.1, 0.15) is 12.4 Å². The van der Waals surface area contributed by atoms with Gasteiger partial charge in [0.15, 0.2) is 5.78 Å². The summed E-state index contributed by atoms with van der Waals surface area (Å²) in [5.41, 5.74) is 1.56. The molecule has 0 radical (unpaired) electrons. The maximum Gasteiger partial charge on any atom is 0.309 e. The van der Waals surface area contributed by atoms with Crippen molar-refractivity contribution in [3.8, 4) is 11.5 Å². The van der Waals surface area contributed by atoms with Crippen LogP contribution in [0.4, 0.5) is 0 Å². The van der Waals surface area contributed by atoms with Crippen LogP contribution < -0.4 is 0 Å². The molecule has 2 aromatic heterocycles. The largest absolute Gasteiger partial charge is 0.481 e. The Labute approximate surface area is 308 Å². The quantitative estimate of drug-likeness (QED) is 0.264. The van der Waals surface area contributed by atoms with Crippen molar-refractivity contribution < 1.29 is 28.6 Å². The Morgan fingerprint density at radius 2 is 1.65 bits per heavy atom. The molecule has 2 aromatic rings. The van der Waals surface area contributed by atoms with Gasteiger partial charge in [0, 0.05) is 36.1 Å². The topological polar surface area (TPSA) is 145 Å². The van der Waals surface area contributed by atoms with Gasteiger partial charge in [0.05, 0.1) is 17.4 Å². The number of fused-ring (bicyclic) bond motifs is 7. The lowest BCUT2D eigenvalue weighted by Crippen LogP contribution is -2.65. The fraction of sp³-hybridized carbons (Fsp3) is 0.738. The van der Waals surface area contributed by atoms with Gasteiger partial charge in [-0.3, -0.25) is 14.4 Å². The van der Waals surface area contributed by atoms with E-state index in [9.17, 15) is 19.5 Å². The van der Waals surface area contributed by atoms with E-state index in [-0.39, 0.29) is 51.3 Å². The summed E-state index contributed by atoms with van der Waals surface area (Å²) in [4.78, 5) is 47.1. The number of carboxylic acid groups (broad SMARTS) is 1. The predicted molar refractivity (Wildman–Crippen MR) is 194 cm³/mol. The average Bonchev–Trinajstić information content (AvgIpc) is 3.64. The highest BCUT2D eigenvalue weighted by molar-refractivity contribution is 6.00. The Morgan fingerprint density at radius 3 is 2.33 bits per heavy atom. The van der Waals surface area contributed by atoms with Crippen molar-refractivity contribution in [2.45, 2.75) is 139 Å². The van der Waals surface area contributed by atoms with E-state index in [1.54, 1.807) is 26.2 Å². The molecular formula is C42H58N4O6. The van der Waals surface area contributed by atoms with Gasteiger partial charge in [-0.25, -0.2) is 9.97 Å². The molecule has 4 fully saturated rings. The smallest absolute Gasteiger partial charge is 0.309 e. The van der Waals surface area contributed by atoms with Crippen molar-refractivity contribution in [2.24, 2.45) is 56.2 Å². The van der Waals surface area contributed by atoms with E-state index in [0.29, 0.717) is 47.9 Å². The fourth-order valence-corrected chi connectivity index (χ4v) is 12.9. The summed E-state index contributed by atoms with van der Waals surface area (Å²) in [6, 6.07) is 0. The summed E-state index contributed by atoms with van der Waals surface area (Å²) in [6.07, 6.45) is 13.6. The van der Waals surface area contributed by atoms with Crippen LogP contribution in [0.25, 0.3) is 11.5 Å². The third-order valence-corrected chi connectivity index (χ3v) is 15.7. The summed E-state index contributed by atoms with van der Waals surface area (Å²) >= 11 is 0. The molecular weight excluding hydrogens is 656 g/mol. The number of ketones is 1. The first-order valence-electron chi connectivity index (χ1n) is 19.6. The Balaban J connectivity index is 1.18. The van der Waals surface area contributed by atoms with Gasteiger partial charge in [0.25, 0.3) is 5.89 Å². The third-order valence-electron chi connectivity index (χ3n) is 15.7. The first-order valence-corrected chi connectivity index (χ1v) is 19.6. The summed E-state index contributed by atoms with van der Waals surface area (Å²) < 4.78 is 12.4. The minimum absolute atomic E-state index is 0.0186. The van der Waals surface area contributed by atoms with Gasteiger partial charge in [-0.15, -0.1) is 10.2 Å². The Morgan fingerprint density at radius 1 is 0.942 bits per heavy atom. The lowest BCUT2D eigenvalue weighted by Gasteiger charge is -2.72. The highest BCUT2D eigenvalue weighted by Gasteiger charge is 2.70. The summed E-state index contributed by atoms with van der Waals surface area (Å²) in [7, 11) is 0. The van der Waals surface area contributed by atoms with Crippen LogP contribution in [-0.4, -0.2) is 49.1 Å². The van der Waals surface area contributed by atoms with E-state index >= 15 is 0 Å². The lowest BCUT2D eigenvalue weighted by atomic mass is 9.33. The molecule has 0 aliphatic heterocycles.